The van der Waals surface area contributed by atoms with Crippen molar-refractivity contribution in [1.82, 2.24) is 9.97 Å². The van der Waals surface area contributed by atoms with Gasteiger partial charge < -0.3 is 15.2 Å². The zero-order valence-electron chi connectivity index (χ0n) is 12.7. The van der Waals surface area contributed by atoms with Crippen LogP contribution in [0.4, 0.5) is 11.5 Å². The summed E-state index contributed by atoms with van der Waals surface area (Å²) < 4.78 is 5.26. The lowest BCUT2D eigenvalue weighted by Crippen LogP contribution is -2.02. The molecule has 1 radical (unpaired) electrons. The van der Waals surface area contributed by atoms with Crippen LogP contribution in [0.3, 0.4) is 0 Å². The van der Waals surface area contributed by atoms with E-state index in [9.17, 15) is 5.11 Å². The number of benzene rings is 2. The Morgan fingerprint density at radius 2 is 2.12 bits per heavy atom. The monoisotopic (exact) mass is 320 g/mol. The Balaban J connectivity index is 2.02. The van der Waals surface area contributed by atoms with Crippen LogP contribution in [0.15, 0.2) is 42.7 Å². The normalized spacial score (nSPS) is 10.3. The van der Waals surface area contributed by atoms with E-state index in [4.69, 9.17) is 16.3 Å². The van der Waals surface area contributed by atoms with Crippen LogP contribution in [0.25, 0.3) is 10.9 Å². The van der Waals surface area contributed by atoms with E-state index in [1.54, 1.807) is 6.07 Å². The van der Waals surface area contributed by atoms with Crippen LogP contribution in [-0.2, 0) is 5.11 Å². The minimum atomic E-state index is -0.296. The van der Waals surface area contributed by atoms with Gasteiger partial charge in [-0.3, -0.25) is 5.11 Å². The molecule has 0 unspecified atom stereocenters. The SMILES string of the molecule is C#Cc1cccc(Nc2ncnc3cc([O])c(OCCO)cc23)c1. The zero-order chi connectivity index (χ0) is 16.9. The maximum absolute atomic E-state index is 12.0. The highest BCUT2D eigenvalue weighted by molar-refractivity contribution is 5.93. The molecule has 1 aromatic heterocycles. The molecule has 0 spiro atoms. The van der Waals surface area contributed by atoms with Gasteiger partial charge in [0.05, 0.1) is 12.1 Å². The van der Waals surface area contributed by atoms with Crippen LogP contribution in [0.1, 0.15) is 5.56 Å². The van der Waals surface area contributed by atoms with E-state index in [0.29, 0.717) is 16.7 Å². The Morgan fingerprint density at radius 3 is 2.92 bits per heavy atom. The van der Waals surface area contributed by atoms with Gasteiger partial charge in [-0.1, -0.05) is 12.0 Å². The highest BCUT2D eigenvalue weighted by atomic mass is 16.5. The summed E-state index contributed by atoms with van der Waals surface area (Å²) in [6.45, 7) is -0.131. The number of hydrogen-bond acceptors (Lipinski definition) is 5. The van der Waals surface area contributed by atoms with E-state index in [1.165, 1.54) is 12.4 Å². The molecule has 0 bridgehead atoms. The number of aliphatic hydroxyl groups is 1. The van der Waals surface area contributed by atoms with Gasteiger partial charge in [-0.25, -0.2) is 9.97 Å². The van der Waals surface area contributed by atoms with E-state index in [-0.39, 0.29) is 24.7 Å². The van der Waals surface area contributed by atoms with Gasteiger partial charge in [0.1, 0.15) is 18.8 Å². The Morgan fingerprint density at radius 1 is 1.25 bits per heavy atom. The van der Waals surface area contributed by atoms with Gasteiger partial charge in [0.25, 0.3) is 0 Å². The molecule has 2 N–H and O–H groups in total. The van der Waals surface area contributed by atoms with E-state index < -0.39 is 0 Å². The second kappa shape index (κ2) is 6.86. The number of anilines is 2. The Hall–Kier alpha value is -3.30. The lowest BCUT2D eigenvalue weighted by Gasteiger charge is -2.11. The van der Waals surface area contributed by atoms with Crippen LogP contribution in [-0.4, -0.2) is 28.3 Å². The van der Waals surface area contributed by atoms with Crippen LogP contribution < -0.4 is 10.1 Å². The molecule has 3 rings (SSSR count). The van der Waals surface area contributed by atoms with E-state index in [1.807, 2.05) is 24.3 Å². The first-order chi connectivity index (χ1) is 11.7. The smallest absolute Gasteiger partial charge is 0.222 e. The highest BCUT2D eigenvalue weighted by Gasteiger charge is 2.12. The molecule has 119 valence electrons. The van der Waals surface area contributed by atoms with Gasteiger partial charge >= 0.3 is 0 Å². The Bertz CT molecular complexity index is 919. The first kappa shape index (κ1) is 15.6. The topological polar surface area (TPSA) is 87.2 Å². The molecule has 2 aromatic carbocycles. The fraction of sp³-hybridized carbons (Fsp3) is 0.111. The number of aromatic nitrogens is 2. The second-order valence-electron chi connectivity index (χ2n) is 4.96. The van der Waals surface area contributed by atoms with Crippen LogP contribution in [0, 0.1) is 12.3 Å². The summed E-state index contributed by atoms with van der Waals surface area (Å²) in [5.41, 5.74) is 2.02. The summed E-state index contributed by atoms with van der Waals surface area (Å²) in [6.07, 6.45) is 6.79. The quantitative estimate of drug-likeness (QED) is 0.706. The van der Waals surface area contributed by atoms with Crippen LogP contribution >= 0.6 is 0 Å². The number of fused-ring (bicyclic) bond motifs is 1. The van der Waals surface area contributed by atoms with Crippen molar-refractivity contribution in [1.29, 1.82) is 0 Å². The predicted molar refractivity (Wildman–Crippen MR) is 89.9 cm³/mol. The minimum absolute atomic E-state index is 0.0431. The lowest BCUT2D eigenvalue weighted by atomic mass is 10.2. The average molecular weight is 320 g/mol. The largest absolute Gasteiger partial charge is 0.487 e. The fourth-order valence-electron chi connectivity index (χ4n) is 2.26. The summed E-state index contributed by atoms with van der Waals surface area (Å²) in [6, 6.07) is 10.3. The fourth-order valence-corrected chi connectivity index (χ4v) is 2.26. The number of nitrogens with zero attached hydrogens (tertiary/aromatic N) is 2. The van der Waals surface area contributed by atoms with Crippen molar-refractivity contribution in [3.8, 4) is 23.8 Å². The molecule has 0 aliphatic rings. The molecular formula is C18H14N3O3. The molecule has 0 amide bonds. The third kappa shape index (κ3) is 3.21. The first-order valence-corrected chi connectivity index (χ1v) is 7.24. The third-order valence-electron chi connectivity index (χ3n) is 3.34. The lowest BCUT2D eigenvalue weighted by molar-refractivity contribution is 0.193. The molecule has 0 aliphatic heterocycles. The highest BCUT2D eigenvalue weighted by Crippen LogP contribution is 2.34. The summed E-state index contributed by atoms with van der Waals surface area (Å²) in [4.78, 5) is 8.34. The molecule has 6 heteroatoms. The number of rotatable bonds is 5. The maximum Gasteiger partial charge on any atom is 0.222 e. The van der Waals surface area contributed by atoms with Crippen molar-refractivity contribution in [2.24, 2.45) is 0 Å². The Labute approximate surface area is 138 Å². The van der Waals surface area contributed by atoms with Crippen molar-refractivity contribution < 1.29 is 14.9 Å². The summed E-state index contributed by atoms with van der Waals surface area (Å²) in [7, 11) is 0. The molecule has 0 fully saturated rings. The van der Waals surface area contributed by atoms with Gasteiger partial charge in [-0.2, -0.15) is 0 Å². The average Bonchev–Trinajstić information content (AvgIpc) is 2.60. The van der Waals surface area contributed by atoms with Gasteiger partial charge in [-0.05, 0) is 24.3 Å². The molecule has 0 aliphatic carbocycles. The number of aliphatic hydroxyl groups excluding tert-OH is 1. The molecule has 0 atom stereocenters. The summed E-state index contributed by atoms with van der Waals surface area (Å²) >= 11 is 0. The van der Waals surface area contributed by atoms with Crippen molar-refractivity contribution >= 4 is 22.4 Å². The maximum atomic E-state index is 12.0. The van der Waals surface area contributed by atoms with Gasteiger partial charge in [0, 0.05) is 22.7 Å². The number of ether oxygens (including phenoxy) is 1. The zero-order valence-corrected chi connectivity index (χ0v) is 12.7. The molecule has 1 heterocycles. The third-order valence-corrected chi connectivity index (χ3v) is 3.34. The predicted octanol–water partition coefficient (Wildman–Crippen LogP) is 2.87. The van der Waals surface area contributed by atoms with Crippen molar-refractivity contribution in [3.63, 3.8) is 0 Å². The van der Waals surface area contributed by atoms with Crippen molar-refractivity contribution in [3.05, 3.63) is 48.3 Å². The van der Waals surface area contributed by atoms with Gasteiger partial charge in [0.2, 0.25) is 5.75 Å². The number of nitrogens with one attached hydrogen (secondary N) is 1. The van der Waals surface area contributed by atoms with Crippen LogP contribution in [0.2, 0.25) is 0 Å². The van der Waals surface area contributed by atoms with Crippen LogP contribution in [0.5, 0.6) is 11.5 Å². The Kier molecular flexibility index (Phi) is 4.45. The number of terminal acetylenes is 1. The molecule has 0 saturated heterocycles. The second-order valence-corrected chi connectivity index (χ2v) is 4.96. The van der Waals surface area contributed by atoms with Crippen molar-refractivity contribution in [2.45, 2.75) is 0 Å². The number of hydrogen-bond donors (Lipinski definition) is 2. The minimum Gasteiger partial charge on any atom is -0.487 e. The van der Waals surface area contributed by atoms with Crippen molar-refractivity contribution in [2.75, 3.05) is 18.5 Å². The summed E-state index contributed by atoms with van der Waals surface area (Å²) in [5.74, 6) is 2.95. The van der Waals surface area contributed by atoms with E-state index >= 15 is 0 Å². The molecule has 0 saturated carbocycles. The molecule has 3 aromatic rings. The van der Waals surface area contributed by atoms with E-state index in [2.05, 4.69) is 21.2 Å². The first-order valence-electron chi connectivity index (χ1n) is 7.24. The van der Waals surface area contributed by atoms with E-state index in [0.717, 1.165) is 11.3 Å². The standard InChI is InChI=1S/C18H14N3O3/c1-2-12-4-3-5-13(8-12)21-18-14-9-17(24-7-6-22)16(23)10-15(14)19-11-20-18/h1,3-5,8-11,22H,6-7H2,(H,19,20,21). The van der Waals surface area contributed by atoms with Gasteiger partial charge in [0.15, 0.2) is 5.75 Å². The molecular weight excluding hydrogens is 306 g/mol. The molecule has 24 heavy (non-hydrogen) atoms. The summed E-state index contributed by atoms with van der Waals surface area (Å²) in [5, 5.41) is 24.6. The molecule has 6 nitrogen and oxygen atoms in total. The van der Waals surface area contributed by atoms with Gasteiger partial charge in [-0.15, -0.1) is 6.42 Å².